The van der Waals surface area contributed by atoms with E-state index in [1.165, 1.54) is 7.11 Å². The van der Waals surface area contributed by atoms with Crippen molar-refractivity contribution in [1.82, 2.24) is 5.06 Å². The highest BCUT2D eigenvalue weighted by Crippen LogP contribution is 2.46. The van der Waals surface area contributed by atoms with Crippen molar-refractivity contribution < 1.29 is 43.4 Å². The summed E-state index contributed by atoms with van der Waals surface area (Å²) >= 11 is 0. The van der Waals surface area contributed by atoms with Crippen LogP contribution >= 0.6 is 0 Å². The quantitative estimate of drug-likeness (QED) is 0.363. The largest absolute Gasteiger partial charge is 0.533 e. The highest BCUT2D eigenvalue weighted by molar-refractivity contribution is 6.01. The first kappa shape index (κ1) is 24.8. The third-order valence-corrected chi connectivity index (χ3v) is 5.67. The van der Waals surface area contributed by atoms with Crippen LogP contribution in [0.25, 0.3) is 11.1 Å². The molecule has 36 heavy (non-hydrogen) atoms. The molecule has 1 fully saturated rings. The zero-order chi connectivity index (χ0) is 25.8. The van der Waals surface area contributed by atoms with Gasteiger partial charge in [-0.15, -0.1) is 0 Å². The number of hydrogen-bond donors (Lipinski definition) is 3. The zero-order valence-corrected chi connectivity index (χ0v) is 19.2. The third kappa shape index (κ3) is 5.19. The van der Waals surface area contributed by atoms with Gasteiger partial charge in [0.2, 0.25) is 11.8 Å². The van der Waals surface area contributed by atoms with Crippen molar-refractivity contribution in [2.75, 3.05) is 37.6 Å². The van der Waals surface area contributed by atoms with Gasteiger partial charge in [0, 0.05) is 37.2 Å². The molecule has 2 aliphatic rings. The van der Waals surface area contributed by atoms with E-state index in [-0.39, 0.29) is 32.0 Å². The van der Waals surface area contributed by atoms with Gasteiger partial charge in [-0.2, -0.15) is 0 Å². The molecule has 2 aromatic rings. The Morgan fingerprint density at radius 3 is 2.03 bits per heavy atom. The number of fused-ring (bicyclic) bond motifs is 3. The van der Waals surface area contributed by atoms with Gasteiger partial charge in [-0.3, -0.25) is 24.0 Å². The molecule has 188 valence electrons. The number of rotatable bonds is 8. The molecule has 4 amide bonds. The predicted molar refractivity (Wildman–Crippen MR) is 123 cm³/mol. The fourth-order valence-corrected chi connectivity index (χ4v) is 4.13. The summed E-state index contributed by atoms with van der Waals surface area (Å²) in [5, 5.41) is 14.7. The van der Waals surface area contributed by atoms with Gasteiger partial charge >= 0.3 is 6.16 Å². The molecule has 0 spiro atoms. The number of carbonyl (C=O) groups excluding carboxylic acids is 5. The molecule has 1 saturated heterocycles. The first-order chi connectivity index (χ1) is 17.3. The van der Waals surface area contributed by atoms with Gasteiger partial charge < -0.3 is 25.2 Å². The van der Waals surface area contributed by atoms with E-state index in [4.69, 9.17) is 19.4 Å². The van der Waals surface area contributed by atoms with E-state index in [1.54, 1.807) is 30.3 Å². The van der Waals surface area contributed by atoms with Crippen LogP contribution in [0.3, 0.4) is 0 Å². The van der Waals surface area contributed by atoms with Crippen LogP contribution in [0.1, 0.15) is 29.9 Å². The lowest BCUT2D eigenvalue weighted by Crippen LogP contribution is -2.32. The maximum absolute atomic E-state index is 12.3. The predicted octanol–water partition coefficient (Wildman–Crippen LogP) is 1.53. The van der Waals surface area contributed by atoms with Gasteiger partial charge in [0.15, 0.2) is 0 Å². The number of aliphatic hydroxyl groups is 1. The second-order valence-corrected chi connectivity index (χ2v) is 8.08. The minimum absolute atomic E-state index is 0.0462. The summed E-state index contributed by atoms with van der Waals surface area (Å²) in [6, 6.07) is 10.4. The number of ether oxygens (including phenoxy) is 2. The molecule has 0 saturated carbocycles. The fourth-order valence-electron chi connectivity index (χ4n) is 4.13. The standard InChI is InChI=1S/C24H23N3O9/c1-34-12-21(30)26-14-3-5-16-15-4-2-13(25-20(29)10-28)8-17(15)19(18(16)9-14)11-35-24(33)36-27-22(31)6-7-23(27)32/h2-5,8-9,19,28H,6-7,10-12H2,1H3,(H,25,29)(H,26,30). The molecule has 12 nitrogen and oxygen atoms in total. The van der Waals surface area contributed by atoms with E-state index >= 15 is 0 Å². The molecule has 1 heterocycles. The number of hydroxylamine groups is 2. The number of nitrogens with zero attached hydrogens (tertiary/aromatic N) is 1. The Hall–Kier alpha value is -4.29. The molecule has 2 aromatic carbocycles. The van der Waals surface area contributed by atoms with Gasteiger partial charge in [0.25, 0.3) is 11.8 Å². The van der Waals surface area contributed by atoms with Crippen molar-refractivity contribution in [3.63, 3.8) is 0 Å². The summed E-state index contributed by atoms with van der Waals surface area (Å²) in [5.74, 6) is -2.73. The lowest BCUT2D eigenvalue weighted by atomic mass is 9.97. The summed E-state index contributed by atoms with van der Waals surface area (Å²) in [7, 11) is 1.40. The Bertz CT molecular complexity index is 1230. The topological polar surface area (TPSA) is 161 Å². The lowest BCUT2D eigenvalue weighted by Gasteiger charge is -2.17. The first-order valence-corrected chi connectivity index (χ1v) is 11.0. The number of methoxy groups -OCH3 is 1. The van der Waals surface area contributed by atoms with Crippen molar-refractivity contribution in [2.24, 2.45) is 0 Å². The van der Waals surface area contributed by atoms with E-state index in [2.05, 4.69) is 10.6 Å². The molecule has 4 rings (SSSR count). The molecular formula is C24H23N3O9. The minimum atomic E-state index is -1.22. The molecular weight excluding hydrogens is 474 g/mol. The second-order valence-electron chi connectivity index (χ2n) is 8.08. The van der Waals surface area contributed by atoms with Crippen LogP contribution in [-0.2, 0) is 33.5 Å². The smallest absolute Gasteiger partial charge is 0.432 e. The van der Waals surface area contributed by atoms with Crippen molar-refractivity contribution in [1.29, 1.82) is 0 Å². The number of carbonyl (C=O) groups is 5. The number of nitrogens with one attached hydrogen (secondary N) is 2. The lowest BCUT2D eigenvalue weighted by molar-refractivity contribution is -0.177. The average Bonchev–Trinajstić information content (AvgIpc) is 3.33. The molecule has 1 aliphatic heterocycles. The van der Waals surface area contributed by atoms with Gasteiger partial charge in [0.1, 0.15) is 19.8 Å². The van der Waals surface area contributed by atoms with E-state index in [0.29, 0.717) is 22.0 Å². The number of imide groups is 1. The Kier molecular flexibility index (Phi) is 7.27. The van der Waals surface area contributed by atoms with E-state index in [1.807, 2.05) is 6.07 Å². The Morgan fingerprint density at radius 1 is 0.944 bits per heavy atom. The number of anilines is 2. The van der Waals surface area contributed by atoms with Crippen LogP contribution < -0.4 is 10.6 Å². The normalized spacial score (nSPS) is 15.8. The van der Waals surface area contributed by atoms with Crippen molar-refractivity contribution in [3.8, 4) is 11.1 Å². The van der Waals surface area contributed by atoms with Crippen molar-refractivity contribution in [3.05, 3.63) is 47.5 Å². The summed E-state index contributed by atoms with van der Waals surface area (Å²) in [6.45, 7) is -1.03. The van der Waals surface area contributed by atoms with Gasteiger partial charge in [0.05, 0.1) is 0 Å². The zero-order valence-electron chi connectivity index (χ0n) is 19.2. The molecule has 0 aromatic heterocycles. The maximum atomic E-state index is 12.3. The molecule has 1 atom stereocenters. The molecule has 3 N–H and O–H groups in total. The Balaban J connectivity index is 1.59. The summed E-state index contributed by atoms with van der Waals surface area (Å²) in [5.41, 5.74) is 4.00. The van der Waals surface area contributed by atoms with Crippen molar-refractivity contribution in [2.45, 2.75) is 18.8 Å². The molecule has 1 aliphatic carbocycles. The molecule has 0 radical (unpaired) electrons. The average molecular weight is 497 g/mol. The third-order valence-electron chi connectivity index (χ3n) is 5.67. The van der Waals surface area contributed by atoms with E-state index < -0.39 is 36.4 Å². The summed E-state index contributed by atoms with van der Waals surface area (Å²) in [4.78, 5) is 64.1. The number of aliphatic hydroxyl groups excluding tert-OH is 1. The van der Waals surface area contributed by atoms with Crippen LogP contribution in [0.4, 0.5) is 16.2 Å². The van der Waals surface area contributed by atoms with Crippen LogP contribution in [-0.4, -0.2) is 66.9 Å². The van der Waals surface area contributed by atoms with E-state index in [0.717, 1.165) is 16.7 Å². The number of benzene rings is 2. The minimum Gasteiger partial charge on any atom is -0.432 e. The monoisotopic (exact) mass is 497 g/mol. The summed E-state index contributed by atoms with van der Waals surface area (Å²) < 4.78 is 10.1. The van der Waals surface area contributed by atoms with Gasteiger partial charge in [-0.1, -0.05) is 17.2 Å². The summed E-state index contributed by atoms with van der Waals surface area (Å²) in [6.07, 6.45) is -1.31. The van der Waals surface area contributed by atoms with Crippen LogP contribution in [0.5, 0.6) is 0 Å². The van der Waals surface area contributed by atoms with Crippen LogP contribution in [0.15, 0.2) is 36.4 Å². The first-order valence-electron chi connectivity index (χ1n) is 11.0. The number of amides is 4. The highest BCUT2D eigenvalue weighted by atomic mass is 16.8. The fraction of sp³-hybridized carbons (Fsp3) is 0.292. The Labute approximate surface area is 205 Å². The second kappa shape index (κ2) is 10.5. The Morgan fingerprint density at radius 2 is 1.50 bits per heavy atom. The molecule has 1 unspecified atom stereocenters. The van der Waals surface area contributed by atoms with Crippen LogP contribution in [0, 0.1) is 0 Å². The van der Waals surface area contributed by atoms with Gasteiger partial charge in [-0.25, -0.2) is 4.79 Å². The highest BCUT2D eigenvalue weighted by Gasteiger charge is 2.35. The number of hydrogen-bond acceptors (Lipinski definition) is 9. The SMILES string of the molecule is COCC(=O)Nc1ccc2c(c1)C(COC(=O)ON1C(=O)CCC1=O)c1cc(NC(=O)CO)ccc1-2. The molecule has 12 heteroatoms. The van der Waals surface area contributed by atoms with E-state index in [9.17, 15) is 24.0 Å². The van der Waals surface area contributed by atoms with Crippen molar-refractivity contribution >= 4 is 41.2 Å². The maximum Gasteiger partial charge on any atom is 0.533 e. The van der Waals surface area contributed by atoms with Crippen LogP contribution in [0.2, 0.25) is 0 Å². The molecule has 0 bridgehead atoms. The van der Waals surface area contributed by atoms with Gasteiger partial charge in [-0.05, 0) is 46.5 Å².